The molecule has 6 heteroatoms. The van der Waals surface area contributed by atoms with Crippen LogP contribution in [0, 0.1) is 0 Å². The first-order valence-electron chi connectivity index (χ1n) is 7.49. The van der Waals surface area contributed by atoms with E-state index in [1.165, 1.54) is 12.1 Å². The van der Waals surface area contributed by atoms with Crippen LogP contribution in [0.5, 0.6) is 0 Å². The number of aromatic nitrogens is 2. The van der Waals surface area contributed by atoms with Crippen LogP contribution >= 0.6 is 0 Å². The van der Waals surface area contributed by atoms with Gasteiger partial charge in [0.15, 0.2) is 0 Å². The second kappa shape index (κ2) is 6.11. The number of aldehydes is 1. The Morgan fingerprint density at radius 3 is 2.67 bits per heavy atom. The number of halogens is 3. The summed E-state index contributed by atoms with van der Waals surface area (Å²) in [6.45, 7) is 1.86. The molecule has 24 heavy (non-hydrogen) atoms. The maximum Gasteiger partial charge on any atom is 0.417 e. The van der Waals surface area contributed by atoms with Crippen LogP contribution in [0.2, 0.25) is 0 Å². The Morgan fingerprint density at radius 2 is 1.96 bits per heavy atom. The van der Waals surface area contributed by atoms with Crippen LogP contribution in [-0.4, -0.2) is 16.1 Å². The highest BCUT2D eigenvalue weighted by atomic mass is 19.4. The minimum Gasteiger partial charge on any atom is -0.303 e. The van der Waals surface area contributed by atoms with E-state index >= 15 is 0 Å². The Morgan fingerprint density at radius 1 is 1.21 bits per heavy atom. The minimum atomic E-state index is -4.41. The minimum absolute atomic E-state index is 0.0965. The first-order valence-corrected chi connectivity index (χ1v) is 7.49. The van der Waals surface area contributed by atoms with Crippen molar-refractivity contribution in [2.24, 2.45) is 0 Å². The second-order valence-corrected chi connectivity index (χ2v) is 5.68. The number of carbonyl (C=O) groups is 1. The Kier molecular flexibility index (Phi) is 4.13. The molecule has 1 heterocycles. The molecule has 0 amide bonds. The number of rotatable bonds is 4. The van der Waals surface area contributed by atoms with Gasteiger partial charge in [0.05, 0.1) is 17.1 Å². The van der Waals surface area contributed by atoms with Crippen LogP contribution in [0.4, 0.5) is 13.2 Å². The molecular formula is C18H15F3N2O. The lowest BCUT2D eigenvalue weighted by atomic mass is 9.98. The van der Waals surface area contributed by atoms with Crippen LogP contribution in [0.15, 0.2) is 48.7 Å². The average Bonchev–Trinajstić information content (AvgIpc) is 2.97. The van der Waals surface area contributed by atoms with Gasteiger partial charge in [-0.05, 0) is 30.2 Å². The molecule has 1 atom stereocenters. The summed E-state index contributed by atoms with van der Waals surface area (Å²) >= 11 is 0. The third kappa shape index (κ3) is 3.04. The van der Waals surface area contributed by atoms with Gasteiger partial charge in [-0.15, -0.1) is 0 Å². The molecule has 0 saturated carbocycles. The standard InChI is InChI=1S/C18H15F3N2O/c1-12(8-9-24)23-11-14-7-6-13(10-17(14)22-23)15-4-2-3-5-16(15)18(19,20)21/h2-7,9-12H,8H2,1H3. The maximum absolute atomic E-state index is 13.2. The molecule has 1 unspecified atom stereocenters. The van der Waals surface area contributed by atoms with Gasteiger partial charge in [-0.25, -0.2) is 0 Å². The van der Waals surface area contributed by atoms with Crippen molar-refractivity contribution in [3.05, 3.63) is 54.2 Å². The highest BCUT2D eigenvalue weighted by Gasteiger charge is 2.33. The van der Waals surface area contributed by atoms with Crippen LogP contribution in [0.1, 0.15) is 24.9 Å². The Labute approximate surface area is 136 Å². The molecule has 0 fully saturated rings. The fraction of sp³-hybridized carbons (Fsp3) is 0.222. The molecule has 0 aliphatic carbocycles. The average molecular weight is 332 g/mol. The third-order valence-corrected chi connectivity index (χ3v) is 3.96. The first-order chi connectivity index (χ1) is 11.4. The monoisotopic (exact) mass is 332 g/mol. The van der Waals surface area contributed by atoms with Crippen molar-refractivity contribution in [1.29, 1.82) is 0 Å². The maximum atomic E-state index is 13.2. The van der Waals surface area contributed by atoms with Gasteiger partial charge in [-0.3, -0.25) is 4.68 Å². The summed E-state index contributed by atoms with van der Waals surface area (Å²) in [6.07, 6.45) is -1.47. The van der Waals surface area contributed by atoms with Gasteiger partial charge in [0.1, 0.15) is 6.29 Å². The Balaban J connectivity index is 2.08. The molecule has 2 aromatic carbocycles. The van der Waals surface area contributed by atoms with Crippen molar-refractivity contribution in [3.8, 4) is 11.1 Å². The van der Waals surface area contributed by atoms with E-state index in [1.54, 1.807) is 35.1 Å². The van der Waals surface area contributed by atoms with Crippen molar-refractivity contribution in [1.82, 2.24) is 9.78 Å². The fourth-order valence-corrected chi connectivity index (χ4v) is 2.66. The normalized spacial score (nSPS) is 13.2. The van der Waals surface area contributed by atoms with Gasteiger partial charge < -0.3 is 4.79 Å². The lowest BCUT2D eigenvalue weighted by Gasteiger charge is -2.12. The molecule has 0 aliphatic rings. The summed E-state index contributed by atoms with van der Waals surface area (Å²) in [4.78, 5) is 10.6. The van der Waals surface area contributed by atoms with E-state index in [-0.39, 0.29) is 11.6 Å². The number of fused-ring (bicyclic) bond motifs is 1. The molecule has 0 bridgehead atoms. The lowest BCUT2D eigenvalue weighted by Crippen LogP contribution is -2.06. The molecule has 0 saturated heterocycles. The zero-order chi connectivity index (χ0) is 17.3. The second-order valence-electron chi connectivity index (χ2n) is 5.68. The largest absolute Gasteiger partial charge is 0.417 e. The molecule has 3 nitrogen and oxygen atoms in total. The predicted octanol–water partition coefficient (Wildman–Crippen LogP) is 4.87. The number of hydrogen-bond acceptors (Lipinski definition) is 2. The molecule has 0 aliphatic heterocycles. The number of benzene rings is 2. The molecule has 0 spiro atoms. The molecule has 3 aromatic rings. The van der Waals surface area contributed by atoms with E-state index in [1.807, 2.05) is 6.92 Å². The third-order valence-electron chi connectivity index (χ3n) is 3.96. The highest BCUT2D eigenvalue weighted by molar-refractivity contribution is 5.84. The van der Waals surface area contributed by atoms with Crippen molar-refractivity contribution in [2.75, 3.05) is 0 Å². The van der Waals surface area contributed by atoms with Gasteiger partial charge in [0.2, 0.25) is 0 Å². The van der Waals surface area contributed by atoms with E-state index in [0.717, 1.165) is 17.7 Å². The van der Waals surface area contributed by atoms with Gasteiger partial charge in [0.25, 0.3) is 0 Å². The van der Waals surface area contributed by atoms with Crippen LogP contribution in [0.3, 0.4) is 0 Å². The Hall–Kier alpha value is -2.63. The first kappa shape index (κ1) is 16.2. The van der Waals surface area contributed by atoms with Crippen LogP contribution < -0.4 is 0 Å². The van der Waals surface area contributed by atoms with E-state index in [4.69, 9.17) is 0 Å². The van der Waals surface area contributed by atoms with Gasteiger partial charge in [-0.1, -0.05) is 30.3 Å². The molecule has 1 aromatic heterocycles. The van der Waals surface area contributed by atoms with Crippen molar-refractivity contribution in [2.45, 2.75) is 25.6 Å². The number of nitrogens with zero attached hydrogens (tertiary/aromatic N) is 2. The molecule has 0 radical (unpaired) electrons. The molecule has 124 valence electrons. The van der Waals surface area contributed by atoms with E-state index in [0.29, 0.717) is 17.5 Å². The van der Waals surface area contributed by atoms with Crippen molar-refractivity contribution < 1.29 is 18.0 Å². The summed E-state index contributed by atoms with van der Waals surface area (Å²) in [6, 6.07) is 10.4. The van der Waals surface area contributed by atoms with Crippen molar-refractivity contribution in [3.63, 3.8) is 0 Å². The van der Waals surface area contributed by atoms with E-state index in [2.05, 4.69) is 5.10 Å². The fourth-order valence-electron chi connectivity index (χ4n) is 2.66. The van der Waals surface area contributed by atoms with Crippen LogP contribution in [-0.2, 0) is 11.0 Å². The summed E-state index contributed by atoms with van der Waals surface area (Å²) in [5, 5.41) is 5.21. The zero-order valence-corrected chi connectivity index (χ0v) is 12.9. The summed E-state index contributed by atoms with van der Waals surface area (Å²) in [5.74, 6) is 0. The van der Waals surface area contributed by atoms with Crippen molar-refractivity contribution >= 4 is 17.2 Å². The highest BCUT2D eigenvalue weighted by Crippen LogP contribution is 2.37. The molecular weight excluding hydrogens is 317 g/mol. The van der Waals surface area contributed by atoms with E-state index in [9.17, 15) is 18.0 Å². The summed E-state index contributed by atoms with van der Waals surface area (Å²) in [7, 11) is 0. The van der Waals surface area contributed by atoms with Gasteiger partial charge in [0, 0.05) is 18.0 Å². The quantitative estimate of drug-likeness (QED) is 0.639. The van der Waals surface area contributed by atoms with E-state index < -0.39 is 11.7 Å². The number of hydrogen-bond donors (Lipinski definition) is 0. The number of carbonyl (C=O) groups excluding carboxylic acids is 1. The molecule has 3 rings (SSSR count). The number of alkyl halides is 3. The summed E-state index contributed by atoms with van der Waals surface area (Å²) in [5.41, 5.74) is 0.520. The van der Waals surface area contributed by atoms with Crippen LogP contribution in [0.25, 0.3) is 22.0 Å². The molecule has 0 N–H and O–H groups in total. The van der Waals surface area contributed by atoms with Gasteiger partial charge in [-0.2, -0.15) is 18.3 Å². The predicted molar refractivity (Wildman–Crippen MR) is 85.6 cm³/mol. The lowest BCUT2D eigenvalue weighted by molar-refractivity contribution is -0.137. The summed E-state index contributed by atoms with van der Waals surface area (Å²) < 4.78 is 41.2. The Bertz CT molecular complexity index is 883. The SMILES string of the molecule is CC(CC=O)n1cc2ccc(-c3ccccc3C(F)(F)F)cc2n1. The topological polar surface area (TPSA) is 34.9 Å². The smallest absolute Gasteiger partial charge is 0.303 e. The van der Waals surface area contributed by atoms with Gasteiger partial charge >= 0.3 is 6.18 Å². The zero-order valence-electron chi connectivity index (χ0n) is 12.9.